The average molecular weight is 540 g/mol. The van der Waals surface area contributed by atoms with Crippen molar-refractivity contribution in [2.45, 2.75) is 19.9 Å². The van der Waals surface area contributed by atoms with Gasteiger partial charge < -0.3 is 9.73 Å². The van der Waals surface area contributed by atoms with Crippen LogP contribution in [0.15, 0.2) is 94.7 Å². The molecule has 4 heterocycles. The number of rotatable bonds is 4. The largest absolute Gasteiger partial charge is 0.458 e. The number of carbonyl (C=O) groups excluding carboxylic acids is 1. The van der Waals surface area contributed by atoms with Crippen molar-refractivity contribution in [1.29, 1.82) is 0 Å². The third kappa shape index (κ3) is 4.85. The maximum Gasteiger partial charge on any atom is 0.255 e. The fourth-order valence-electron chi connectivity index (χ4n) is 4.91. The summed E-state index contributed by atoms with van der Waals surface area (Å²) in [5.41, 5.74) is 3.98. The molecule has 1 amide bonds. The molecule has 0 fully saturated rings. The van der Waals surface area contributed by atoms with Crippen LogP contribution in [-0.4, -0.2) is 25.7 Å². The number of benzene rings is 2. The van der Waals surface area contributed by atoms with Crippen LogP contribution in [0.25, 0.3) is 33.0 Å². The summed E-state index contributed by atoms with van der Waals surface area (Å²) < 4.78 is 8.08. The first-order chi connectivity index (χ1) is 19.9. The predicted molar refractivity (Wildman–Crippen MR) is 157 cm³/mol. The van der Waals surface area contributed by atoms with E-state index in [2.05, 4.69) is 32.2 Å². The molecule has 6 rings (SSSR count). The van der Waals surface area contributed by atoms with Crippen molar-refractivity contribution in [2.75, 3.05) is 0 Å². The first-order valence-corrected chi connectivity index (χ1v) is 13.1. The number of carbonyl (C=O) groups is 1. The Bertz CT molecular complexity index is 2070. The summed E-state index contributed by atoms with van der Waals surface area (Å²) in [6.45, 7) is 3.56. The van der Waals surface area contributed by atoms with E-state index in [-0.39, 0.29) is 11.3 Å². The standard InChI is InChI=1S/C33H25N5O3/c1-20-27(30-25(18-35-20)12-8-16-34-30)33(40)37-21(2)32-29(23-9-5-4-6-10-23)31(39)28-24(11-7-13-26(28)41-32)15-14-22-17-36-38(3)19-22/h4-13,16-19,21H,1-3H3,(H,37,40). The molecule has 0 saturated carbocycles. The summed E-state index contributed by atoms with van der Waals surface area (Å²) in [5.74, 6) is 6.18. The Hall–Kier alpha value is -5.55. The number of fused-ring (bicyclic) bond motifs is 2. The van der Waals surface area contributed by atoms with Gasteiger partial charge in [-0.1, -0.05) is 48.2 Å². The summed E-state index contributed by atoms with van der Waals surface area (Å²) in [6, 6.07) is 17.6. The molecule has 0 spiro atoms. The van der Waals surface area contributed by atoms with Gasteiger partial charge in [-0.2, -0.15) is 5.10 Å². The highest BCUT2D eigenvalue weighted by Gasteiger charge is 2.25. The van der Waals surface area contributed by atoms with Gasteiger partial charge in [0.05, 0.1) is 45.5 Å². The SMILES string of the molecule is Cc1ncc2cccnc2c1C(=O)NC(C)c1oc2cccc(C#Cc3cnn(C)c3)c2c(=O)c1-c1ccccc1. The molecule has 0 radical (unpaired) electrons. The summed E-state index contributed by atoms with van der Waals surface area (Å²) in [6.07, 6.45) is 6.82. The van der Waals surface area contributed by atoms with Gasteiger partial charge in [0.25, 0.3) is 5.91 Å². The lowest BCUT2D eigenvalue weighted by molar-refractivity contribution is 0.0936. The molecule has 41 heavy (non-hydrogen) atoms. The highest BCUT2D eigenvalue weighted by molar-refractivity contribution is 6.06. The van der Waals surface area contributed by atoms with Crippen molar-refractivity contribution in [1.82, 2.24) is 25.1 Å². The van der Waals surface area contributed by atoms with E-state index in [9.17, 15) is 9.59 Å². The molecule has 1 N–H and O–H groups in total. The predicted octanol–water partition coefficient (Wildman–Crippen LogP) is 5.34. The maximum absolute atomic E-state index is 14.2. The van der Waals surface area contributed by atoms with Crippen molar-refractivity contribution < 1.29 is 9.21 Å². The maximum atomic E-state index is 14.2. The minimum absolute atomic E-state index is 0.227. The van der Waals surface area contributed by atoms with E-state index in [0.29, 0.717) is 50.2 Å². The van der Waals surface area contributed by atoms with Gasteiger partial charge in [0.15, 0.2) is 0 Å². The molecule has 0 saturated heterocycles. The van der Waals surface area contributed by atoms with Crippen molar-refractivity contribution in [2.24, 2.45) is 7.05 Å². The Morgan fingerprint density at radius 1 is 1.00 bits per heavy atom. The Kier molecular flexibility index (Phi) is 6.62. The molecule has 0 aliphatic heterocycles. The number of amides is 1. The molecule has 4 aromatic heterocycles. The minimum Gasteiger partial charge on any atom is -0.458 e. The number of hydrogen-bond acceptors (Lipinski definition) is 6. The zero-order valence-electron chi connectivity index (χ0n) is 22.7. The van der Waals surface area contributed by atoms with E-state index in [1.54, 1.807) is 67.6 Å². The first kappa shape index (κ1) is 25.7. The zero-order valence-corrected chi connectivity index (χ0v) is 22.7. The highest BCUT2D eigenvalue weighted by atomic mass is 16.3. The minimum atomic E-state index is -0.654. The summed E-state index contributed by atoms with van der Waals surface area (Å²) in [7, 11) is 1.82. The third-order valence-electron chi connectivity index (χ3n) is 6.86. The van der Waals surface area contributed by atoms with E-state index in [1.165, 1.54) is 0 Å². The van der Waals surface area contributed by atoms with Crippen LogP contribution in [0, 0.1) is 18.8 Å². The Labute approximate surface area is 235 Å². The van der Waals surface area contributed by atoms with Crippen molar-refractivity contribution in [3.63, 3.8) is 0 Å². The monoisotopic (exact) mass is 539 g/mol. The van der Waals surface area contributed by atoms with Crippen molar-refractivity contribution >= 4 is 27.8 Å². The molecule has 8 nitrogen and oxygen atoms in total. The van der Waals surface area contributed by atoms with Crippen LogP contribution in [0.1, 0.15) is 45.9 Å². The van der Waals surface area contributed by atoms with E-state index < -0.39 is 6.04 Å². The summed E-state index contributed by atoms with van der Waals surface area (Å²) in [5, 5.41) is 8.32. The number of hydrogen-bond donors (Lipinski definition) is 1. The lowest BCUT2D eigenvalue weighted by atomic mass is 9.97. The van der Waals surface area contributed by atoms with Crippen molar-refractivity contribution in [3.8, 4) is 23.0 Å². The second-order valence-electron chi connectivity index (χ2n) is 9.72. The molecule has 2 aromatic carbocycles. The van der Waals surface area contributed by atoms with Gasteiger partial charge >= 0.3 is 0 Å². The van der Waals surface area contributed by atoms with Crippen LogP contribution in [0.4, 0.5) is 0 Å². The van der Waals surface area contributed by atoms with Gasteiger partial charge in [-0.3, -0.25) is 24.2 Å². The van der Waals surface area contributed by atoms with Crippen LogP contribution in [-0.2, 0) is 7.05 Å². The zero-order chi connectivity index (χ0) is 28.5. The van der Waals surface area contributed by atoms with Gasteiger partial charge in [-0.25, -0.2) is 0 Å². The first-order valence-electron chi connectivity index (χ1n) is 13.1. The molecule has 200 valence electrons. The third-order valence-corrected chi connectivity index (χ3v) is 6.86. The number of aromatic nitrogens is 4. The molecule has 1 atom stereocenters. The van der Waals surface area contributed by atoms with Gasteiger partial charge in [0.2, 0.25) is 5.43 Å². The van der Waals surface area contributed by atoms with Gasteiger partial charge in [-0.15, -0.1) is 0 Å². The number of aryl methyl sites for hydroxylation is 2. The Balaban J connectivity index is 1.48. The summed E-state index contributed by atoms with van der Waals surface area (Å²) >= 11 is 0. The fourth-order valence-corrected chi connectivity index (χ4v) is 4.91. The van der Waals surface area contributed by atoms with Gasteiger partial charge in [0.1, 0.15) is 11.3 Å². The van der Waals surface area contributed by atoms with Crippen LogP contribution < -0.4 is 10.7 Å². The Morgan fingerprint density at radius 2 is 1.83 bits per heavy atom. The molecule has 8 heteroatoms. The lowest BCUT2D eigenvalue weighted by Gasteiger charge is -2.19. The lowest BCUT2D eigenvalue weighted by Crippen LogP contribution is -2.29. The van der Waals surface area contributed by atoms with E-state index in [0.717, 1.165) is 10.9 Å². The fraction of sp³-hybridized carbons (Fsp3) is 0.121. The van der Waals surface area contributed by atoms with E-state index >= 15 is 0 Å². The second-order valence-corrected chi connectivity index (χ2v) is 9.72. The second kappa shape index (κ2) is 10.5. The molecular weight excluding hydrogens is 514 g/mol. The molecule has 0 aliphatic carbocycles. The van der Waals surface area contributed by atoms with Gasteiger partial charge in [-0.05, 0) is 43.7 Å². The normalized spacial score (nSPS) is 11.7. The van der Waals surface area contributed by atoms with E-state index in [4.69, 9.17) is 4.42 Å². The average Bonchev–Trinajstić information content (AvgIpc) is 3.40. The number of nitrogens with zero attached hydrogens (tertiary/aromatic N) is 4. The quantitative estimate of drug-likeness (QED) is 0.304. The molecule has 1 unspecified atom stereocenters. The van der Waals surface area contributed by atoms with Crippen LogP contribution in [0.5, 0.6) is 0 Å². The van der Waals surface area contributed by atoms with Crippen LogP contribution in [0.3, 0.4) is 0 Å². The van der Waals surface area contributed by atoms with E-state index in [1.807, 2.05) is 43.4 Å². The number of pyridine rings is 2. The Morgan fingerprint density at radius 3 is 2.61 bits per heavy atom. The van der Waals surface area contributed by atoms with Crippen molar-refractivity contribution in [3.05, 3.63) is 124 Å². The molecule has 0 bridgehead atoms. The smallest absolute Gasteiger partial charge is 0.255 e. The molecule has 0 aliphatic rings. The van der Waals surface area contributed by atoms with Crippen LogP contribution in [0.2, 0.25) is 0 Å². The van der Waals surface area contributed by atoms with Crippen LogP contribution >= 0.6 is 0 Å². The highest BCUT2D eigenvalue weighted by Crippen LogP contribution is 2.30. The van der Waals surface area contributed by atoms with Gasteiger partial charge in [0, 0.05) is 36.6 Å². The molecule has 6 aromatic rings. The summed E-state index contributed by atoms with van der Waals surface area (Å²) in [4.78, 5) is 36.6. The topological polar surface area (TPSA) is 103 Å². The number of nitrogens with one attached hydrogen (secondary N) is 1. The molecular formula is C33H25N5O3.